The zero-order valence-corrected chi connectivity index (χ0v) is 13.4. The van der Waals surface area contributed by atoms with E-state index in [2.05, 4.69) is 6.07 Å². The van der Waals surface area contributed by atoms with Crippen molar-refractivity contribution in [2.24, 2.45) is 0 Å². The number of fused-ring (bicyclic) bond motifs is 1. The van der Waals surface area contributed by atoms with Gasteiger partial charge in [0, 0.05) is 23.3 Å². The third kappa shape index (κ3) is 2.89. The number of hydrogen-bond donors (Lipinski definition) is 0. The van der Waals surface area contributed by atoms with Crippen LogP contribution < -0.4 is 0 Å². The standard InChI is InChI=1S/C16H22ClNOS/c17-9-10-18(13-6-2-3-7-13)16(19)15-11-12-5-1-4-8-14(12)20-15/h11,13H,1-10H2. The Balaban J connectivity index is 1.79. The Hall–Kier alpha value is -0.540. The fraction of sp³-hybridized carbons (Fsp3) is 0.688. The first-order valence-corrected chi connectivity index (χ1v) is 9.13. The van der Waals surface area contributed by atoms with E-state index in [1.54, 1.807) is 11.3 Å². The second-order valence-corrected chi connectivity index (χ2v) is 7.41. The van der Waals surface area contributed by atoms with Crippen LogP contribution in [0.1, 0.15) is 58.6 Å². The summed E-state index contributed by atoms with van der Waals surface area (Å²) in [5, 5.41) is 0. The second-order valence-electron chi connectivity index (χ2n) is 5.89. The minimum Gasteiger partial charge on any atom is -0.334 e. The molecule has 0 spiro atoms. The highest BCUT2D eigenvalue weighted by Gasteiger charge is 2.28. The van der Waals surface area contributed by atoms with Gasteiger partial charge in [0.15, 0.2) is 0 Å². The Morgan fingerprint density at radius 3 is 2.70 bits per heavy atom. The Labute approximate surface area is 130 Å². The summed E-state index contributed by atoms with van der Waals surface area (Å²) in [7, 11) is 0. The van der Waals surface area contributed by atoms with Crippen molar-refractivity contribution < 1.29 is 4.79 Å². The Morgan fingerprint density at radius 2 is 2.00 bits per heavy atom. The van der Waals surface area contributed by atoms with Crippen LogP contribution in [0.5, 0.6) is 0 Å². The van der Waals surface area contributed by atoms with Gasteiger partial charge in [-0.2, -0.15) is 0 Å². The molecule has 2 aliphatic rings. The van der Waals surface area contributed by atoms with E-state index >= 15 is 0 Å². The molecule has 1 heterocycles. The van der Waals surface area contributed by atoms with E-state index in [1.165, 1.54) is 36.1 Å². The maximum Gasteiger partial charge on any atom is 0.264 e. The first kappa shape index (κ1) is 14.4. The largest absolute Gasteiger partial charge is 0.334 e. The Kier molecular flexibility index (Phi) is 4.67. The quantitative estimate of drug-likeness (QED) is 0.761. The molecule has 0 radical (unpaired) electrons. The molecule has 3 rings (SSSR count). The fourth-order valence-corrected chi connectivity index (χ4v) is 4.89. The maximum atomic E-state index is 12.8. The van der Waals surface area contributed by atoms with Crippen molar-refractivity contribution >= 4 is 28.8 Å². The first-order chi connectivity index (χ1) is 9.79. The van der Waals surface area contributed by atoms with Crippen molar-refractivity contribution in [2.45, 2.75) is 57.4 Å². The van der Waals surface area contributed by atoms with Gasteiger partial charge in [0.2, 0.25) is 0 Å². The fourth-order valence-electron chi connectivity index (χ4n) is 3.49. The van der Waals surface area contributed by atoms with Crippen LogP contribution in [0.15, 0.2) is 6.07 Å². The van der Waals surface area contributed by atoms with Gasteiger partial charge in [0.1, 0.15) is 0 Å². The lowest BCUT2D eigenvalue weighted by molar-refractivity contribution is 0.0700. The highest BCUT2D eigenvalue weighted by atomic mass is 35.5. The second kappa shape index (κ2) is 6.48. The van der Waals surface area contributed by atoms with Gasteiger partial charge in [-0.05, 0) is 50.2 Å². The van der Waals surface area contributed by atoms with Crippen LogP contribution in [-0.2, 0) is 12.8 Å². The number of aryl methyl sites for hydroxylation is 2. The molecule has 0 aromatic carbocycles. The van der Waals surface area contributed by atoms with Crippen LogP contribution in [0.25, 0.3) is 0 Å². The van der Waals surface area contributed by atoms with E-state index in [1.807, 2.05) is 4.90 Å². The molecule has 20 heavy (non-hydrogen) atoms. The lowest BCUT2D eigenvalue weighted by atomic mass is 9.99. The number of alkyl halides is 1. The Bertz CT molecular complexity index is 455. The zero-order valence-electron chi connectivity index (χ0n) is 11.9. The third-order valence-electron chi connectivity index (χ3n) is 4.56. The number of thiophene rings is 1. The Morgan fingerprint density at radius 1 is 1.25 bits per heavy atom. The average molecular weight is 312 g/mol. The number of carbonyl (C=O) groups is 1. The van der Waals surface area contributed by atoms with Crippen molar-refractivity contribution in [3.8, 4) is 0 Å². The van der Waals surface area contributed by atoms with Gasteiger partial charge in [0.05, 0.1) is 4.88 Å². The van der Waals surface area contributed by atoms with Crippen molar-refractivity contribution in [2.75, 3.05) is 12.4 Å². The number of amides is 1. The summed E-state index contributed by atoms with van der Waals surface area (Å²) in [6.07, 6.45) is 9.64. The lowest BCUT2D eigenvalue weighted by Gasteiger charge is -2.27. The summed E-state index contributed by atoms with van der Waals surface area (Å²) in [5.74, 6) is 0.754. The summed E-state index contributed by atoms with van der Waals surface area (Å²) >= 11 is 7.64. The number of nitrogens with zero attached hydrogens (tertiary/aromatic N) is 1. The number of carbonyl (C=O) groups excluding carboxylic acids is 1. The van der Waals surface area contributed by atoms with Gasteiger partial charge in [-0.1, -0.05) is 12.8 Å². The van der Waals surface area contributed by atoms with Crippen LogP contribution in [0.4, 0.5) is 0 Å². The molecule has 0 N–H and O–H groups in total. The van der Waals surface area contributed by atoms with Crippen molar-refractivity contribution in [1.82, 2.24) is 4.90 Å². The lowest BCUT2D eigenvalue weighted by Crippen LogP contribution is -2.39. The van der Waals surface area contributed by atoms with Crippen LogP contribution in [-0.4, -0.2) is 29.3 Å². The minimum atomic E-state index is 0.219. The summed E-state index contributed by atoms with van der Waals surface area (Å²) < 4.78 is 0. The number of rotatable bonds is 4. The highest BCUT2D eigenvalue weighted by molar-refractivity contribution is 7.14. The normalized spacial score (nSPS) is 19.1. The number of halogens is 1. The molecule has 0 atom stereocenters. The summed E-state index contributed by atoms with van der Waals surface area (Å²) in [6.45, 7) is 0.688. The van der Waals surface area contributed by atoms with E-state index in [0.717, 1.165) is 30.6 Å². The van der Waals surface area contributed by atoms with Crippen LogP contribution in [0.2, 0.25) is 0 Å². The van der Waals surface area contributed by atoms with E-state index in [0.29, 0.717) is 18.5 Å². The molecule has 1 amide bonds. The van der Waals surface area contributed by atoms with Crippen LogP contribution >= 0.6 is 22.9 Å². The van der Waals surface area contributed by atoms with E-state index in [-0.39, 0.29) is 5.91 Å². The van der Waals surface area contributed by atoms with Gasteiger partial charge in [-0.3, -0.25) is 4.79 Å². The minimum absolute atomic E-state index is 0.219. The van der Waals surface area contributed by atoms with E-state index in [9.17, 15) is 4.79 Å². The molecule has 4 heteroatoms. The molecule has 1 aromatic heterocycles. The van der Waals surface area contributed by atoms with E-state index in [4.69, 9.17) is 11.6 Å². The van der Waals surface area contributed by atoms with Crippen molar-refractivity contribution in [3.63, 3.8) is 0 Å². The third-order valence-corrected chi connectivity index (χ3v) is 5.95. The topological polar surface area (TPSA) is 20.3 Å². The molecule has 0 bridgehead atoms. The smallest absolute Gasteiger partial charge is 0.264 e. The first-order valence-electron chi connectivity index (χ1n) is 7.78. The van der Waals surface area contributed by atoms with E-state index < -0.39 is 0 Å². The molecule has 1 fully saturated rings. The van der Waals surface area contributed by atoms with Crippen LogP contribution in [0.3, 0.4) is 0 Å². The molecule has 2 nitrogen and oxygen atoms in total. The van der Waals surface area contributed by atoms with Gasteiger partial charge in [-0.15, -0.1) is 22.9 Å². The van der Waals surface area contributed by atoms with Crippen LogP contribution in [0, 0.1) is 0 Å². The average Bonchev–Trinajstić information content (AvgIpc) is 3.12. The summed E-state index contributed by atoms with van der Waals surface area (Å²) in [5.41, 5.74) is 1.42. The van der Waals surface area contributed by atoms with Gasteiger partial charge in [-0.25, -0.2) is 0 Å². The monoisotopic (exact) mass is 311 g/mol. The SMILES string of the molecule is O=C(c1cc2c(s1)CCCC2)N(CCCl)C1CCCC1. The highest BCUT2D eigenvalue weighted by Crippen LogP contribution is 2.32. The molecule has 0 aliphatic heterocycles. The zero-order chi connectivity index (χ0) is 13.9. The van der Waals surface area contributed by atoms with Gasteiger partial charge < -0.3 is 4.90 Å². The molecule has 110 valence electrons. The van der Waals surface area contributed by atoms with Crippen molar-refractivity contribution in [1.29, 1.82) is 0 Å². The van der Waals surface area contributed by atoms with Gasteiger partial charge >= 0.3 is 0 Å². The summed E-state index contributed by atoms with van der Waals surface area (Å²) in [4.78, 5) is 17.2. The predicted molar refractivity (Wildman–Crippen MR) is 85.0 cm³/mol. The van der Waals surface area contributed by atoms with Crippen molar-refractivity contribution in [3.05, 3.63) is 21.4 Å². The van der Waals surface area contributed by atoms with Gasteiger partial charge in [0.25, 0.3) is 5.91 Å². The molecular formula is C16H22ClNOS. The molecule has 2 aliphatic carbocycles. The predicted octanol–water partition coefficient (Wildman–Crippen LogP) is 4.25. The number of hydrogen-bond acceptors (Lipinski definition) is 2. The molecule has 1 saturated carbocycles. The molecule has 0 saturated heterocycles. The maximum absolute atomic E-state index is 12.8. The molecule has 1 aromatic rings. The molecular weight excluding hydrogens is 290 g/mol. The molecule has 0 unspecified atom stereocenters. The summed E-state index contributed by atoms with van der Waals surface area (Å²) in [6, 6.07) is 2.57.